The predicted octanol–water partition coefficient (Wildman–Crippen LogP) is 3.40. The van der Waals surface area contributed by atoms with Crippen LogP contribution in [-0.2, 0) is 19.1 Å². The Bertz CT molecular complexity index is 1030. The predicted molar refractivity (Wildman–Crippen MR) is 125 cm³/mol. The van der Waals surface area contributed by atoms with Gasteiger partial charge in [-0.05, 0) is 35.1 Å². The topological polar surface area (TPSA) is 105 Å². The van der Waals surface area contributed by atoms with Crippen LogP contribution in [0.15, 0.2) is 48.5 Å². The van der Waals surface area contributed by atoms with Crippen molar-refractivity contribution in [1.82, 2.24) is 10.2 Å². The van der Waals surface area contributed by atoms with Gasteiger partial charge in [-0.1, -0.05) is 48.5 Å². The summed E-state index contributed by atoms with van der Waals surface area (Å²) in [5.41, 5.74) is 3.39. The number of carbonyl (C=O) groups is 3. The molecule has 34 heavy (non-hydrogen) atoms. The number of carboxylic acids is 1. The molecule has 1 aliphatic heterocycles. The van der Waals surface area contributed by atoms with E-state index in [-0.39, 0.29) is 31.4 Å². The number of likely N-dealkylation sites (tertiary alicyclic amines) is 1. The highest BCUT2D eigenvalue weighted by Gasteiger charge is 2.46. The number of ether oxygens (including phenoxy) is 2. The van der Waals surface area contributed by atoms with Crippen molar-refractivity contribution in [3.63, 3.8) is 0 Å². The number of unbranched alkanes of at least 4 members (excludes halogenated alkanes) is 1. The summed E-state index contributed by atoms with van der Waals surface area (Å²) in [5.74, 6) is -1.12. The Kier molecular flexibility index (Phi) is 7.17. The molecule has 4 rings (SSSR count). The van der Waals surface area contributed by atoms with Crippen molar-refractivity contribution in [3.05, 3.63) is 59.7 Å². The highest BCUT2D eigenvalue weighted by molar-refractivity contribution is 5.82. The Labute approximate surface area is 198 Å². The van der Waals surface area contributed by atoms with Gasteiger partial charge in [0.05, 0.1) is 6.54 Å². The summed E-state index contributed by atoms with van der Waals surface area (Å²) in [7, 11) is 1.36. The first-order valence-electron chi connectivity index (χ1n) is 11.6. The Morgan fingerprint density at radius 2 is 1.71 bits per heavy atom. The average molecular weight is 467 g/mol. The number of rotatable bonds is 9. The number of carbonyl (C=O) groups excluding carboxylic acids is 2. The maximum Gasteiger partial charge on any atom is 0.407 e. The van der Waals surface area contributed by atoms with Gasteiger partial charge in [-0.25, -0.2) is 9.59 Å². The molecular weight excluding hydrogens is 436 g/mol. The van der Waals surface area contributed by atoms with E-state index in [0.717, 1.165) is 11.1 Å². The first-order chi connectivity index (χ1) is 16.4. The van der Waals surface area contributed by atoms with Crippen LogP contribution in [0.3, 0.4) is 0 Å². The van der Waals surface area contributed by atoms with Gasteiger partial charge in [0, 0.05) is 39.0 Å². The summed E-state index contributed by atoms with van der Waals surface area (Å²) in [5, 5.41) is 12.1. The van der Waals surface area contributed by atoms with Crippen LogP contribution in [-0.4, -0.2) is 66.9 Å². The van der Waals surface area contributed by atoms with Crippen molar-refractivity contribution in [3.8, 4) is 11.1 Å². The number of hydrogen-bond donors (Lipinski definition) is 2. The normalized spacial score (nSPS) is 18.9. The van der Waals surface area contributed by atoms with E-state index in [1.807, 2.05) is 24.3 Å². The molecule has 8 nitrogen and oxygen atoms in total. The van der Waals surface area contributed by atoms with Crippen molar-refractivity contribution in [2.45, 2.75) is 37.2 Å². The minimum absolute atomic E-state index is 0.0151. The van der Waals surface area contributed by atoms with Gasteiger partial charge in [0.2, 0.25) is 5.91 Å². The molecule has 1 fully saturated rings. The van der Waals surface area contributed by atoms with E-state index in [1.54, 1.807) is 0 Å². The standard InChI is InChI=1S/C26H30N2O6/c1-33-26(24(30)31)13-15-28(17-26)23(29)12-6-7-14-27-25(32)34-16-22-20-10-4-2-8-18(20)19-9-3-5-11-21(19)22/h2-5,8-11,22H,6-7,12-17H2,1H3,(H,27,32)(H,30,31). The Morgan fingerprint density at radius 3 is 2.29 bits per heavy atom. The molecule has 2 aliphatic rings. The largest absolute Gasteiger partial charge is 0.479 e. The number of nitrogens with zero attached hydrogens (tertiary/aromatic N) is 1. The number of amides is 2. The van der Waals surface area contributed by atoms with Gasteiger partial charge in [0.1, 0.15) is 6.61 Å². The lowest BCUT2D eigenvalue weighted by atomic mass is 9.98. The number of carboxylic acid groups (broad SMARTS) is 1. The van der Waals surface area contributed by atoms with Crippen molar-refractivity contribution in [2.24, 2.45) is 0 Å². The van der Waals surface area contributed by atoms with Gasteiger partial charge in [0.25, 0.3) is 0 Å². The monoisotopic (exact) mass is 466 g/mol. The van der Waals surface area contributed by atoms with Gasteiger partial charge in [0.15, 0.2) is 5.60 Å². The zero-order valence-electron chi connectivity index (χ0n) is 19.3. The number of nitrogens with one attached hydrogen (secondary N) is 1. The molecule has 1 aliphatic carbocycles. The zero-order valence-corrected chi connectivity index (χ0v) is 19.3. The number of aliphatic carboxylic acids is 1. The molecule has 1 unspecified atom stereocenters. The second-order valence-corrected chi connectivity index (χ2v) is 8.78. The molecule has 2 N–H and O–H groups in total. The average Bonchev–Trinajstić information content (AvgIpc) is 3.43. The smallest absolute Gasteiger partial charge is 0.407 e. The molecule has 8 heteroatoms. The summed E-state index contributed by atoms with van der Waals surface area (Å²) in [6.07, 6.45) is 1.32. The summed E-state index contributed by atoms with van der Waals surface area (Å²) >= 11 is 0. The summed E-state index contributed by atoms with van der Waals surface area (Å²) < 4.78 is 10.7. The summed E-state index contributed by atoms with van der Waals surface area (Å²) in [4.78, 5) is 37.6. The van der Waals surface area contributed by atoms with Crippen LogP contribution in [0.4, 0.5) is 4.79 Å². The van der Waals surface area contributed by atoms with E-state index in [2.05, 4.69) is 29.6 Å². The van der Waals surface area contributed by atoms with E-state index >= 15 is 0 Å². The second kappa shape index (κ2) is 10.3. The molecule has 0 bridgehead atoms. The Morgan fingerprint density at radius 1 is 1.06 bits per heavy atom. The maximum atomic E-state index is 12.4. The minimum atomic E-state index is -1.30. The molecule has 0 radical (unpaired) electrons. The van der Waals surface area contributed by atoms with Crippen LogP contribution in [0, 0.1) is 0 Å². The lowest BCUT2D eigenvalue weighted by Gasteiger charge is -2.23. The molecule has 0 spiro atoms. The molecule has 1 saturated heterocycles. The minimum Gasteiger partial charge on any atom is -0.479 e. The van der Waals surface area contributed by atoms with E-state index < -0.39 is 17.7 Å². The van der Waals surface area contributed by atoms with Crippen LogP contribution in [0.2, 0.25) is 0 Å². The van der Waals surface area contributed by atoms with Crippen molar-refractivity contribution in [2.75, 3.05) is 33.4 Å². The fraction of sp³-hybridized carbons (Fsp3) is 0.423. The van der Waals surface area contributed by atoms with E-state index in [4.69, 9.17) is 9.47 Å². The molecule has 0 saturated carbocycles. The molecular formula is C26H30N2O6. The molecule has 2 amide bonds. The van der Waals surface area contributed by atoms with Crippen LogP contribution in [0.25, 0.3) is 11.1 Å². The molecule has 0 aromatic heterocycles. The number of hydrogen-bond acceptors (Lipinski definition) is 5. The van der Waals surface area contributed by atoms with E-state index in [1.165, 1.54) is 23.1 Å². The van der Waals surface area contributed by atoms with Crippen LogP contribution >= 0.6 is 0 Å². The summed E-state index contributed by atoms with van der Waals surface area (Å²) in [6, 6.07) is 16.4. The molecule has 1 heterocycles. The van der Waals surface area contributed by atoms with Gasteiger partial charge in [-0.2, -0.15) is 0 Å². The lowest BCUT2D eigenvalue weighted by molar-refractivity contribution is -0.161. The molecule has 2 aromatic carbocycles. The number of benzene rings is 2. The third kappa shape index (κ3) is 4.77. The van der Waals surface area contributed by atoms with Crippen LogP contribution in [0.1, 0.15) is 42.7 Å². The Hall–Kier alpha value is -3.39. The van der Waals surface area contributed by atoms with Crippen molar-refractivity contribution < 1.29 is 29.0 Å². The quantitative estimate of drug-likeness (QED) is 0.549. The van der Waals surface area contributed by atoms with Gasteiger partial charge < -0.3 is 24.8 Å². The highest BCUT2D eigenvalue weighted by Crippen LogP contribution is 2.44. The van der Waals surface area contributed by atoms with Crippen LogP contribution < -0.4 is 5.32 Å². The SMILES string of the molecule is COC1(C(=O)O)CCN(C(=O)CCCCNC(=O)OCC2c3ccccc3-c3ccccc32)C1. The molecule has 2 aromatic rings. The summed E-state index contributed by atoms with van der Waals surface area (Å²) in [6.45, 7) is 1.10. The third-order valence-electron chi connectivity index (χ3n) is 6.80. The van der Waals surface area contributed by atoms with Crippen molar-refractivity contribution >= 4 is 18.0 Å². The van der Waals surface area contributed by atoms with Gasteiger partial charge in [-0.3, -0.25) is 4.79 Å². The van der Waals surface area contributed by atoms with Crippen molar-refractivity contribution in [1.29, 1.82) is 0 Å². The first kappa shape index (κ1) is 23.8. The first-order valence-corrected chi connectivity index (χ1v) is 11.6. The Balaban J connectivity index is 1.17. The zero-order chi connectivity index (χ0) is 24.1. The fourth-order valence-electron chi connectivity index (χ4n) is 4.82. The second-order valence-electron chi connectivity index (χ2n) is 8.78. The lowest BCUT2D eigenvalue weighted by Crippen LogP contribution is -2.44. The number of methoxy groups -OCH3 is 1. The number of alkyl carbamates (subject to hydrolysis) is 1. The number of fused-ring (bicyclic) bond motifs is 3. The van der Waals surface area contributed by atoms with Gasteiger partial charge in [-0.15, -0.1) is 0 Å². The molecule has 180 valence electrons. The fourth-order valence-corrected chi connectivity index (χ4v) is 4.82. The highest BCUT2D eigenvalue weighted by atomic mass is 16.5. The third-order valence-corrected chi connectivity index (χ3v) is 6.80. The van der Waals surface area contributed by atoms with E-state index in [9.17, 15) is 19.5 Å². The van der Waals surface area contributed by atoms with Gasteiger partial charge >= 0.3 is 12.1 Å². The van der Waals surface area contributed by atoms with E-state index in [0.29, 0.717) is 32.4 Å². The molecule has 1 atom stereocenters. The van der Waals surface area contributed by atoms with Crippen LogP contribution in [0.5, 0.6) is 0 Å². The maximum absolute atomic E-state index is 12.4.